The highest BCUT2D eigenvalue weighted by Crippen LogP contribution is 2.07. The van der Waals surface area contributed by atoms with Gasteiger partial charge in [0.1, 0.15) is 0 Å². The zero-order chi connectivity index (χ0) is 14.3. The molecular formula is C15H22N2OS. The predicted octanol–water partition coefficient (Wildman–Crippen LogP) is 2.39. The van der Waals surface area contributed by atoms with E-state index in [-0.39, 0.29) is 11.8 Å². The van der Waals surface area contributed by atoms with Gasteiger partial charge in [0.25, 0.3) is 0 Å². The number of amides is 1. The second-order valence-electron chi connectivity index (χ2n) is 4.92. The molecular weight excluding hydrogens is 256 g/mol. The lowest BCUT2D eigenvalue weighted by Gasteiger charge is -2.21. The van der Waals surface area contributed by atoms with Crippen LogP contribution in [0.4, 0.5) is 0 Å². The molecule has 1 unspecified atom stereocenters. The number of rotatable bonds is 7. The summed E-state index contributed by atoms with van der Waals surface area (Å²) in [6.45, 7) is 2.54. The molecule has 1 aromatic carbocycles. The molecule has 0 bridgehead atoms. The largest absolute Gasteiger partial charge is 0.393 e. The topological polar surface area (TPSA) is 46.3 Å². The Morgan fingerprint density at radius 1 is 1.37 bits per heavy atom. The van der Waals surface area contributed by atoms with Gasteiger partial charge in [0.15, 0.2) is 0 Å². The molecule has 0 aliphatic rings. The maximum Gasteiger partial charge on any atom is 0.222 e. The summed E-state index contributed by atoms with van der Waals surface area (Å²) in [5, 5.41) is 0. The predicted molar refractivity (Wildman–Crippen MR) is 83.0 cm³/mol. The summed E-state index contributed by atoms with van der Waals surface area (Å²) < 4.78 is 0. The second kappa shape index (κ2) is 7.89. The van der Waals surface area contributed by atoms with Crippen molar-refractivity contribution < 1.29 is 4.79 Å². The van der Waals surface area contributed by atoms with E-state index in [0.717, 1.165) is 12.8 Å². The number of hydrogen-bond donors (Lipinski definition) is 1. The van der Waals surface area contributed by atoms with E-state index < -0.39 is 0 Å². The van der Waals surface area contributed by atoms with Crippen LogP contribution in [-0.2, 0) is 11.2 Å². The molecule has 0 aromatic heterocycles. The smallest absolute Gasteiger partial charge is 0.222 e. The Hall–Kier alpha value is -1.42. The zero-order valence-corrected chi connectivity index (χ0v) is 12.5. The van der Waals surface area contributed by atoms with Crippen LogP contribution in [0.1, 0.15) is 25.3 Å². The summed E-state index contributed by atoms with van der Waals surface area (Å²) in [5.41, 5.74) is 6.83. The second-order valence-corrected chi connectivity index (χ2v) is 5.39. The summed E-state index contributed by atoms with van der Waals surface area (Å²) in [4.78, 5) is 14.1. The van der Waals surface area contributed by atoms with Crippen LogP contribution in [0.25, 0.3) is 0 Å². The van der Waals surface area contributed by atoms with Crippen LogP contribution in [0, 0.1) is 5.92 Å². The Kier molecular flexibility index (Phi) is 6.50. The molecule has 1 atom stereocenters. The van der Waals surface area contributed by atoms with Crippen molar-refractivity contribution in [2.45, 2.75) is 26.2 Å². The fourth-order valence-corrected chi connectivity index (χ4v) is 1.96. The van der Waals surface area contributed by atoms with Crippen molar-refractivity contribution in [2.24, 2.45) is 11.7 Å². The standard InChI is InChI=1S/C15H22N2OS/c1-12(15(16)19)11-17(2)14(18)10-6-9-13-7-4-3-5-8-13/h3-5,7-8,12H,6,9-11H2,1-2H3,(H2,16,19). The van der Waals surface area contributed by atoms with Crippen LogP contribution in [0.15, 0.2) is 30.3 Å². The monoisotopic (exact) mass is 278 g/mol. The van der Waals surface area contributed by atoms with Gasteiger partial charge in [-0.3, -0.25) is 4.79 Å². The fraction of sp³-hybridized carbons (Fsp3) is 0.467. The Bertz CT molecular complexity index is 419. The van der Waals surface area contributed by atoms with Crippen molar-refractivity contribution in [3.8, 4) is 0 Å². The normalized spacial score (nSPS) is 11.9. The molecule has 0 heterocycles. The Morgan fingerprint density at radius 2 is 2.00 bits per heavy atom. The van der Waals surface area contributed by atoms with Gasteiger partial charge in [-0.2, -0.15) is 0 Å². The third-order valence-corrected chi connectivity index (χ3v) is 3.56. The summed E-state index contributed by atoms with van der Waals surface area (Å²) in [6.07, 6.45) is 2.37. The van der Waals surface area contributed by atoms with Crippen molar-refractivity contribution >= 4 is 23.1 Å². The number of carbonyl (C=O) groups excluding carboxylic acids is 1. The first-order chi connectivity index (χ1) is 9.00. The van der Waals surface area contributed by atoms with Crippen LogP contribution >= 0.6 is 12.2 Å². The minimum Gasteiger partial charge on any atom is -0.393 e. The number of hydrogen-bond acceptors (Lipinski definition) is 2. The van der Waals surface area contributed by atoms with E-state index in [1.807, 2.05) is 25.1 Å². The maximum absolute atomic E-state index is 11.9. The first kappa shape index (κ1) is 15.6. The molecule has 0 saturated carbocycles. The van der Waals surface area contributed by atoms with Crippen molar-refractivity contribution in [3.05, 3.63) is 35.9 Å². The molecule has 4 heteroatoms. The Morgan fingerprint density at radius 3 is 2.58 bits per heavy atom. The highest BCUT2D eigenvalue weighted by molar-refractivity contribution is 7.80. The van der Waals surface area contributed by atoms with E-state index in [4.69, 9.17) is 18.0 Å². The molecule has 104 valence electrons. The molecule has 0 aliphatic carbocycles. The van der Waals surface area contributed by atoms with E-state index in [1.165, 1.54) is 5.56 Å². The van der Waals surface area contributed by atoms with Crippen molar-refractivity contribution in [1.82, 2.24) is 4.90 Å². The molecule has 1 rings (SSSR count). The average molecular weight is 278 g/mol. The minimum atomic E-state index is 0.0677. The Balaban J connectivity index is 2.29. The van der Waals surface area contributed by atoms with Gasteiger partial charge >= 0.3 is 0 Å². The van der Waals surface area contributed by atoms with E-state index >= 15 is 0 Å². The number of carbonyl (C=O) groups is 1. The van der Waals surface area contributed by atoms with Crippen molar-refractivity contribution in [2.75, 3.05) is 13.6 Å². The first-order valence-electron chi connectivity index (χ1n) is 6.58. The molecule has 0 fully saturated rings. The third-order valence-electron chi connectivity index (χ3n) is 3.16. The maximum atomic E-state index is 11.9. The average Bonchev–Trinajstić information content (AvgIpc) is 2.39. The molecule has 0 spiro atoms. The molecule has 19 heavy (non-hydrogen) atoms. The van der Waals surface area contributed by atoms with Gasteiger partial charge in [-0.25, -0.2) is 0 Å². The summed E-state index contributed by atoms with van der Waals surface area (Å²) in [7, 11) is 1.81. The molecule has 2 N–H and O–H groups in total. The van der Waals surface area contributed by atoms with Gasteiger partial charge in [-0.15, -0.1) is 0 Å². The number of benzene rings is 1. The van der Waals surface area contributed by atoms with Gasteiger partial charge in [0.2, 0.25) is 5.91 Å². The molecule has 1 amide bonds. The fourth-order valence-electron chi connectivity index (χ4n) is 1.88. The number of thiocarbonyl (C=S) groups is 1. The number of nitrogens with zero attached hydrogens (tertiary/aromatic N) is 1. The van der Waals surface area contributed by atoms with E-state index in [0.29, 0.717) is 18.0 Å². The van der Waals surface area contributed by atoms with Crippen LogP contribution in [0.2, 0.25) is 0 Å². The van der Waals surface area contributed by atoms with E-state index in [2.05, 4.69) is 12.1 Å². The molecule has 1 aromatic rings. The van der Waals surface area contributed by atoms with Gasteiger partial charge in [0.05, 0.1) is 4.99 Å². The lowest BCUT2D eigenvalue weighted by atomic mass is 10.1. The first-order valence-corrected chi connectivity index (χ1v) is 6.98. The SMILES string of the molecule is CC(CN(C)C(=O)CCCc1ccccc1)C(N)=S. The summed E-state index contributed by atoms with van der Waals surface area (Å²) >= 11 is 4.91. The summed E-state index contributed by atoms with van der Waals surface area (Å²) in [5.74, 6) is 0.220. The van der Waals surface area contributed by atoms with Gasteiger partial charge in [0, 0.05) is 25.9 Å². The van der Waals surface area contributed by atoms with Gasteiger partial charge in [-0.05, 0) is 18.4 Å². The number of nitrogens with two attached hydrogens (primary N) is 1. The van der Waals surface area contributed by atoms with E-state index in [1.54, 1.807) is 11.9 Å². The third kappa shape index (κ3) is 5.83. The van der Waals surface area contributed by atoms with Gasteiger partial charge < -0.3 is 10.6 Å². The van der Waals surface area contributed by atoms with E-state index in [9.17, 15) is 4.79 Å². The minimum absolute atomic E-state index is 0.0677. The molecule has 0 radical (unpaired) electrons. The molecule has 3 nitrogen and oxygen atoms in total. The quantitative estimate of drug-likeness (QED) is 0.779. The van der Waals surface area contributed by atoms with Crippen LogP contribution in [0.5, 0.6) is 0 Å². The summed E-state index contributed by atoms with van der Waals surface area (Å²) in [6, 6.07) is 10.2. The molecule has 0 saturated heterocycles. The van der Waals surface area contributed by atoms with Crippen LogP contribution in [-0.4, -0.2) is 29.4 Å². The zero-order valence-electron chi connectivity index (χ0n) is 11.6. The van der Waals surface area contributed by atoms with Gasteiger partial charge in [-0.1, -0.05) is 49.5 Å². The lowest BCUT2D eigenvalue weighted by Crippen LogP contribution is -2.35. The van der Waals surface area contributed by atoms with Crippen LogP contribution in [0.3, 0.4) is 0 Å². The highest BCUT2D eigenvalue weighted by atomic mass is 32.1. The van der Waals surface area contributed by atoms with Crippen LogP contribution < -0.4 is 5.73 Å². The molecule has 0 aliphatic heterocycles. The highest BCUT2D eigenvalue weighted by Gasteiger charge is 2.13. The van der Waals surface area contributed by atoms with Crippen molar-refractivity contribution in [1.29, 1.82) is 0 Å². The number of aryl methyl sites for hydroxylation is 1. The van der Waals surface area contributed by atoms with Crippen molar-refractivity contribution in [3.63, 3.8) is 0 Å². The Labute approximate surface area is 120 Å². The lowest BCUT2D eigenvalue weighted by molar-refractivity contribution is -0.130.